The van der Waals surface area contributed by atoms with Gasteiger partial charge >= 0.3 is 0 Å². The molecule has 0 spiro atoms. The van der Waals surface area contributed by atoms with Crippen molar-refractivity contribution in [2.24, 2.45) is 0 Å². The molecule has 2 heterocycles. The standard InChI is InChI=1S/C16H11NO2/c1-2-11-15(18)12-7-3-4-9-14(12)19-16(11)13-8-5-6-10-17-13/h2-10H,1H2. The van der Waals surface area contributed by atoms with Crippen LogP contribution >= 0.6 is 0 Å². The van der Waals surface area contributed by atoms with Crippen molar-refractivity contribution in [3.8, 4) is 11.5 Å². The molecule has 3 nitrogen and oxygen atoms in total. The zero-order chi connectivity index (χ0) is 13.2. The molecule has 0 aliphatic rings. The number of rotatable bonds is 2. The Morgan fingerprint density at radius 3 is 2.63 bits per heavy atom. The van der Waals surface area contributed by atoms with Crippen LogP contribution in [0.5, 0.6) is 0 Å². The van der Waals surface area contributed by atoms with E-state index < -0.39 is 0 Å². The van der Waals surface area contributed by atoms with Gasteiger partial charge in [-0.25, -0.2) is 0 Å². The summed E-state index contributed by atoms with van der Waals surface area (Å²) in [6.07, 6.45) is 3.18. The predicted octanol–water partition coefficient (Wildman–Crippen LogP) is 3.50. The van der Waals surface area contributed by atoms with Gasteiger partial charge in [0, 0.05) is 6.20 Å². The van der Waals surface area contributed by atoms with Gasteiger partial charge in [0.2, 0.25) is 5.43 Å². The predicted molar refractivity (Wildman–Crippen MR) is 75.8 cm³/mol. The van der Waals surface area contributed by atoms with Crippen LogP contribution in [-0.4, -0.2) is 4.98 Å². The second kappa shape index (κ2) is 4.53. The monoisotopic (exact) mass is 249 g/mol. The van der Waals surface area contributed by atoms with Gasteiger partial charge in [-0.05, 0) is 24.3 Å². The van der Waals surface area contributed by atoms with Crippen LogP contribution in [-0.2, 0) is 0 Å². The molecule has 3 aromatic rings. The number of nitrogens with zero attached hydrogens (tertiary/aromatic N) is 1. The molecule has 0 aliphatic carbocycles. The lowest BCUT2D eigenvalue weighted by molar-refractivity contribution is 0.614. The van der Waals surface area contributed by atoms with E-state index in [0.29, 0.717) is 28.0 Å². The normalized spacial score (nSPS) is 10.5. The number of benzene rings is 1. The summed E-state index contributed by atoms with van der Waals surface area (Å²) >= 11 is 0. The average molecular weight is 249 g/mol. The summed E-state index contributed by atoms with van der Waals surface area (Å²) in [5.74, 6) is 0.458. The Hall–Kier alpha value is -2.68. The summed E-state index contributed by atoms with van der Waals surface area (Å²) < 4.78 is 5.82. The van der Waals surface area contributed by atoms with Crippen LogP contribution in [0.1, 0.15) is 5.56 Å². The topological polar surface area (TPSA) is 43.1 Å². The highest BCUT2D eigenvalue weighted by Crippen LogP contribution is 2.24. The van der Waals surface area contributed by atoms with Crippen molar-refractivity contribution in [2.75, 3.05) is 0 Å². The molecule has 0 bridgehead atoms. The fourth-order valence-electron chi connectivity index (χ4n) is 2.03. The van der Waals surface area contributed by atoms with Crippen molar-refractivity contribution in [3.05, 3.63) is 71.0 Å². The molecule has 0 saturated heterocycles. The largest absolute Gasteiger partial charge is 0.454 e. The minimum atomic E-state index is -0.0856. The summed E-state index contributed by atoms with van der Waals surface area (Å²) in [6, 6.07) is 12.6. The number of pyridine rings is 1. The van der Waals surface area contributed by atoms with Gasteiger partial charge < -0.3 is 4.42 Å². The lowest BCUT2D eigenvalue weighted by Crippen LogP contribution is -2.07. The first-order valence-corrected chi connectivity index (χ1v) is 5.91. The van der Waals surface area contributed by atoms with E-state index in [4.69, 9.17) is 4.42 Å². The number of hydrogen-bond acceptors (Lipinski definition) is 3. The molecule has 1 aromatic carbocycles. The highest BCUT2D eigenvalue weighted by atomic mass is 16.3. The molecule has 92 valence electrons. The van der Waals surface area contributed by atoms with Gasteiger partial charge in [-0.15, -0.1) is 0 Å². The van der Waals surface area contributed by atoms with Crippen LogP contribution in [0.3, 0.4) is 0 Å². The highest BCUT2D eigenvalue weighted by molar-refractivity contribution is 5.82. The van der Waals surface area contributed by atoms with Crippen molar-refractivity contribution < 1.29 is 4.42 Å². The van der Waals surface area contributed by atoms with E-state index in [2.05, 4.69) is 11.6 Å². The SMILES string of the molecule is C=Cc1c(-c2ccccn2)oc2ccccc2c1=O. The average Bonchev–Trinajstić information content (AvgIpc) is 2.48. The summed E-state index contributed by atoms with van der Waals surface area (Å²) in [5.41, 5.74) is 1.54. The quantitative estimate of drug-likeness (QED) is 0.698. The third-order valence-electron chi connectivity index (χ3n) is 2.93. The lowest BCUT2D eigenvalue weighted by Gasteiger charge is -2.06. The Balaban J connectivity index is 2.42. The van der Waals surface area contributed by atoms with Gasteiger partial charge in [-0.3, -0.25) is 9.78 Å². The molecule has 0 amide bonds. The third kappa shape index (κ3) is 1.85. The van der Waals surface area contributed by atoms with E-state index in [1.807, 2.05) is 24.3 Å². The zero-order valence-electron chi connectivity index (χ0n) is 10.2. The van der Waals surface area contributed by atoms with Gasteiger partial charge in [0.15, 0.2) is 5.76 Å². The fraction of sp³-hybridized carbons (Fsp3) is 0. The molecule has 0 fully saturated rings. The van der Waals surface area contributed by atoms with Crippen molar-refractivity contribution >= 4 is 17.0 Å². The molecule has 2 aromatic heterocycles. The van der Waals surface area contributed by atoms with Crippen LogP contribution in [0, 0.1) is 0 Å². The maximum absolute atomic E-state index is 12.4. The maximum Gasteiger partial charge on any atom is 0.200 e. The fourth-order valence-corrected chi connectivity index (χ4v) is 2.03. The molecule has 3 rings (SSSR count). The highest BCUT2D eigenvalue weighted by Gasteiger charge is 2.13. The molecule has 0 radical (unpaired) electrons. The first-order chi connectivity index (χ1) is 9.31. The van der Waals surface area contributed by atoms with Crippen LogP contribution in [0.2, 0.25) is 0 Å². The Morgan fingerprint density at radius 1 is 1.11 bits per heavy atom. The van der Waals surface area contributed by atoms with Gasteiger partial charge in [0.05, 0.1) is 10.9 Å². The van der Waals surface area contributed by atoms with Crippen LogP contribution in [0.4, 0.5) is 0 Å². The molecule has 0 unspecified atom stereocenters. The first kappa shape index (κ1) is 11.4. The van der Waals surface area contributed by atoms with E-state index in [9.17, 15) is 4.79 Å². The molecule has 19 heavy (non-hydrogen) atoms. The summed E-state index contributed by atoms with van der Waals surface area (Å²) in [5, 5.41) is 0.553. The molecule has 0 N–H and O–H groups in total. The molecule has 0 atom stereocenters. The number of para-hydroxylation sites is 1. The van der Waals surface area contributed by atoms with Gasteiger partial charge in [-0.2, -0.15) is 0 Å². The molecular weight excluding hydrogens is 238 g/mol. The minimum Gasteiger partial charge on any atom is -0.454 e. The number of hydrogen-bond donors (Lipinski definition) is 0. The van der Waals surface area contributed by atoms with Gasteiger partial charge in [0.25, 0.3) is 0 Å². The van der Waals surface area contributed by atoms with E-state index in [1.165, 1.54) is 6.08 Å². The Bertz CT molecular complexity index is 804. The van der Waals surface area contributed by atoms with Gasteiger partial charge in [0.1, 0.15) is 11.3 Å². The van der Waals surface area contributed by atoms with Crippen LogP contribution in [0.25, 0.3) is 28.5 Å². The third-order valence-corrected chi connectivity index (χ3v) is 2.93. The van der Waals surface area contributed by atoms with E-state index in [0.717, 1.165) is 0 Å². The second-order valence-electron chi connectivity index (χ2n) is 4.09. The Kier molecular flexibility index (Phi) is 2.72. The minimum absolute atomic E-state index is 0.0856. The Morgan fingerprint density at radius 2 is 1.89 bits per heavy atom. The van der Waals surface area contributed by atoms with Crippen LogP contribution in [0.15, 0.2) is 64.5 Å². The summed E-state index contributed by atoms with van der Waals surface area (Å²) in [4.78, 5) is 16.6. The molecule has 3 heteroatoms. The number of fused-ring (bicyclic) bond motifs is 1. The lowest BCUT2D eigenvalue weighted by atomic mass is 10.1. The van der Waals surface area contributed by atoms with Crippen molar-refractivity contribution in [3.63, 3.8) is 0 Å². The Labute approximate surface area is 109 Å². The summed E-state index contributed by atoms with van der Waals surface area (Å²) in [6.45, 7) is 3.70. The van der Waals surface area contributed by atoms with Gasteiger partial charge in [-0.1, -0.05) is 30.9 Å². The smallest absolute Gasteiger partial charge is 0.200 e. The second-order valence-corrected chi connectivity index (χ2v) is 4.09. The first-order valence-electron chi connectivity index (χ1n) is 5.91. The summed E-state index contributed by atoms with van der Waals surface area (Å²) in [7, 11) is 0. The zero-order valence-corrected chi connectivity index (χ0v) is 10.2. The van der Waals surface area contributed by atoms with Crippen molar-refractivity contribution in [1.82, 2.24) is 4.98 Å². The molecule has 0 aliphatic heterocycles. The number of aromatic nitrogens is 1. The van der Waals surface area contributed by atoms with E-state index in [1.54, 1.807) is 24.4 Å². The molecule has 0 saturated carbocycles. The van der Waals surface area contributed by atoms with E-state index >= 15 is 0 Å². The van der Waals surface area contributed by atoms with Crippen LogP contribution < -0.4 is 5.43 Å². The molecular formula is C16H11NO2. The van der Waals surface area contributed by atoms with Crippen molar-refractivity contribution in [2.45, 2.75) is 0 Å². The van der Waals surface area contributed by atoms with Crippen molar-refractivity contribution in [1.29, 1.82) is 0 Å². The maximum atomic E-state index is 12.4. The van der Waals surface area contributed by atoms with E-state index in [-0.39, 0.29) is 5.43 Å².